The van der Waals surface area contributed by atoms with E-state index in [1.54, 1.807) is 0 Å². The molecule has 1 aromatic heterocycles. The SMILES string of the molecule is CC1CCC(CNc2nncc3ccccc23)C1. The van der Waals surface area contributed by atoms with E-state index in [0.29, 0.717) is 0 Å². The second-order valence-electron chi connectivity index (χ2n) is 5.45. The van der Waals surface area contributed by atoms with Crippen LogP contribution in [0.25, 0.3) is 10.8 Å². The third-order valence-electron chi connectivity index (χ3n) is 3.93. The summed E-state index contributed by atoms with van der Waals surface area (Å²) in [5.74, 6) is 2.60. The first-order chi connectivity index (χ1) is 8.83. The zero-order valence-corrected chi connectivity index (χ0v) is 10.8. The van der Waals surface area contributed by atoms with E-state index in [2.05, 4.69) is 34.6 Å². The van der Waals surface area contributed by atoms with Crippen LogP contribution in [0.15, 0.2) is 30.5 Å². The molecule has 2 aromatic rings. The van der Waals surface area contributed by atoms with Gasteiger partial charge in [0, 0.05) is 17.3 Å². The summed E-state index contributed by atoms with van der Waals surface area (Å²) in [5.41, 5.74) is 0. The molecule has 1 aromatic carbocycles. The third kappa shape index (κ3) is 2.30. The van der Waals surface area contributed by atoms with E-state index >= 15 is 0 Å². The van der Waals surface area contributed by atoms with E-state index in [1.165, 1.54) is 24.6 Å². The second-order valence-corrected chi connectivity index (χ2v) is 5.45. The molecule has 2 unspecified atom stereocenters. The Morgan fingerprint density at radius 1 is 1.28 bits per heavy atom. The number of nitrogens with zero attached hydrogens (tertiary/aromatic N) is 2. The lowest BCUT2D eigenvalue weighted by Gasteiger charge is -2.12. The fourth-order valence-electron chi connectivity index (χ4n) is 2.91. The van der Waals surface area contributed by atoms with Crippen molar-refractivity contribution < 1.29 is 0 Å². The van der Waals surface area contributed by atoms with Crippen molar-refractivity contribution in [3.63, 3.8) is 0 Å². The highest BCUT2D eigenvalue weighted by Gasteiger charge is 2.21. The number of rotatable bonds is 3. The van der Waals surface area contributed by atoms with Crippen LogP contribution >= 0.6 is 0 Å². The number of fused-ring (bicyclic) bond motifs is 1. The molecule has 3 heteroatoms. The van der Waals surface area contributed by atoms with Crippen molar-refractivity contribution in [1.82, 2.24) is 10.2 Å². The van der Waals surface area contributed by atoms with Crippen molar-refractivity contribution in [2.24, 2.45) is 11.8 Å². The van der Waals surface area contributed by atoms with Crippen molar-refractivity contribution in [1.29, 1.82) is 0 Å². The van der Waals surface area contributed by atoms with Crippen molar-refractivity contribution >= 4 is 16.6 Å². The molecule has 0 bridgehead atoms. The monoisotopic (exact) mass is 241 g/mol. The zero-order valence-electron chi connectivity index (χ0n) is 10.8. The third-order valence-corrected chi connectivity index (χ3v) is 3.93. The highest BCUT2D eigenvalue weighted by atomic mass is 15.2. The van der Waals surface area contributed by atoms with E-state index in [0.717, 1.165) is 29.6 Å². The number of nitrogens with one attached hydrogen (secondary N) is 1. The van der Waals surface area contributed by atoms with E-state index in [9.17, 15) is 0 Å². The first kappa shape index (κ1) is 11.5. The largest absolute Gasteiger partial charge is 0.368 e. The lowest BCUT2D eigenvalue weighted by atomic mass is 10.1. The summed E-state index contributed by atoms with van der Waals surface area (Å²) in [6, 6.07) is 8.26. The molecular formula is C15H19N3. The van der Waals surface area contributed by atoms with Gasteiger partial charge in [-0.2, -0.15) is 5.10 Å². The van der Waals surface area contributed by atoms with Gasteiger partial charge in [-0.05, 0) is 24.7 Å². The topological polar surface area (TPSA) is 37.8 Å². The average molecular weight is 241 g/mol. The van der Waals surface area contributed by atoms with Crippen LogP contribution in [0.2, 0.25) is 0 Å². The molecule has 0 saturated heterocycles. The van der Waals surface area contributed by atoms with Gasteiger partial charge in [0.1, 0.15) is 0 Å². The zero-order chi connectivity index (χ0) is 12.4. The van der Waals surface area contributed by atoms with Gasteiger partial charge in [0.25, 0.3) is 0 Å². The summed E-state index contributed by atoms with van der Waals surface area (Å²) >= 11 is 0. The van der Waals surface area contributed by atoms with Gasteiger partial charge in [0.15, 0.2) is 5.82 Å². The quantitative estimate of drug-likeness (QED) is 0.894. The molecule has 1 aliphatic carbocycles. The second kappa shape index (κ2) is 4.92. The summed E-state index contributed by atoms with van der Waals surface area (Å²) in [7, 11) is 0. The van der Waals surface area contributed by atoms with Gasteiger partial charge in [-0.3, -0.25) is 0 Å². The molecule has 3 rings (SSSR count). The number of anilines is 1. The smallest absolute Gasteiger partial charge is 0.156 e. The fraction of sp³-hybridized carbons (Fsp3) is 0.467. The maximum Gasteiger partial charge on any atom is 0.156 e. The predicted octanol–water partition coefficient (Wildman–Crippen LogP) is 3.48. The van der Waals surface area contributed by atoms with Crippen LogP contribution in [0.1, 0.15) is 26.2 Å². The predicted molar refractivity (Wildman–Crippen MR) is 74.5 cm³/mol. The highest BCUT2D eigenvalue weighted by molar-refractivity contribution is 5.90. The van der Waals surface area contributed by atoms with E-state index in [-0.39, 0.29) is 0 Å². The van der Waals surface area contributed by atoms with Gasteiger partial charge < -0.3 is 5.32 Å². The van der Waals surface area contributed by atoms with E-state index in [1.807, 2.05) is 18.3 Å². The molecule has 1 fully saturated rings. The van der Waals surface area contributed by atoms with Gasteiger partial charge >= 0.3 is 0 Å². The summed E-state index contributed by atoms with van der Waals surface area (Å²) in [6.45, 7) is 3.37. The molecule has 2 atom stereocenters. The highest BCUT2D eigenvalue weighted by Crippen LogP contribution is 2.30. The molecule has 94 valence electrons. The van der Waals surface area contributed by atoms with Crippen molar-refractivity contribution in [3.8, 4) is 0 Å². The van der Waals surface area contributed by atoms with Crippen LogP contribution in [-0.2, 0) is 0 Å². The Morgan fingerprint density at radius 2 is 2.17 bits per heavy atom. The summed E-state index contributed by atoms with van der Waals surface area (Å²) in [4.78, 5) is 0. The number of benzene rings is 1. The minimum Gasteiger partial charge on any atom is -0.368 e. The Balaban J connectivity index is 1.74. The lowest BCUT2D eigenvalue weighted by Crippen LogP contribution is -2.13. The van der Waals surface area contributed by atoms with Crippen molar-refractivity contribution in [3.05, 3.63) is 30.5 Å². The molecule has 1 aliphatic rings. The molecule has 1 N–H and O–H groups in total. The maximum absolute atomic E-state index is 4.23. The fourth-order valence-corrected chi connectivity index (χ4v) is 2.91. The van der Waals surface area contributed by atoms with Crippen LogP contribution < -0.4 is 5.32 Å². The summed E-state index contributed by atoms with van der Waals surface area (Å²) in [6.07, 6.45) is 5.86. The molecule has 0 amide bonds. The first-order valence-electron chi connectivity index (χ1n) is 6.77. The number of hydrogen-bond acceptors (Lipinski definition) is 3. The molecule has 0 aliphatic heterocycles. The van der Waals surface area contributed by atoms with Crippen LogP contribution in [0.5, 0.6) is 0 Å². The van der Waals surface area contributed by atoms with E-state index in [4.69, 9.17) is 0 Å². The van der Waals surface area contributed by atoms with E-state index < -0.39 is 0 Å². The standard InChI is InChI=1S/C15H19N3/c1-11-6-7-12(8-11)9-16-15-14-5-3-2-4-13(14)10-17-18-15/h2-5,10-12H,6-9H2,1H3,(H,16,18). The van der Waals surface area contributed by atoms with Crippen LogP contribution in [0, 0.1) is 11.8 Å². The summed E-state index contributed by atoms with van der Waals surface area (Å²) < 4.78 is 0. The Hall–Kier alpha value is -1.64. The number of aromatic nitrogens is 2. The van der Waals surface area contributed by atoms with Crippen LogP contribution in [-0.4, -0.2) is 16.7 Å². The molecule has 3 nitrogen and oxygen atoms in total. The Labute approximate surface area is 108 Å². The van der Waals surface area contributed by atoms with Gasteiger partial charge in [-0.15, -0.1) is 5.10 Å². The van der Waals surface area contributed by atoms with Gasteiger partial charge in [-0.25, -0.2) is 0 Å². The van der Waals surface area contributed by atoms with Crippen molar-refractivity contribution in [2.75, 3.05) is 11.9 Å². The Kier molecular flexibility index (Phi) is 3.13. The number of hydrogen-bond donors (Lipinski definition) is 1. The minimum absolute atomic E-state index is 0.792. The van der Waals surface area contributed by atoms with Gasteiger partial charge in [0.05, 0.1) is 6.20 Å². The lowest BCUT2D eigenvalue weighted by molar-refractivity contribution is 0.536. The van der Waals surface area contributed by atoms with Crippen molar-refractivity contribution in [2.45, 2.75) is 26.2 Å². The molecular weight excluding hydrogens is 222 g/mol. The molecule has 1 saturated carbocycles. The minimum atomic E-state index is 0.792. The Morgan fingerprint density at radius 3 is 3.00 bits per heavy atom. The van der Waals surface area contributed by atoms with Crippen LogP contribution in [0.3, 0.4) is 0 Å². The first-order valence-corrected chi connectivity index (χ1v) is 6.77. The molecule has 18 heavy (non-hydrogen) atoms. The van der Waals surface area contributed by atoms with Gasteiger partial charge in [-0.1, -0.05) is 37.6 Å². The molecule has 0 spiro atoms. The Bertz CT molecular complexity index is 533. The normalized spacial score (nSPS) is 23.4. The maximum atomic E-state index is 4.23. The average Bonchev–Trinajstić information content (AvgIpc) is 2.82. The molecule has 1 heterocycles. The van der Waals surface area contributed by atoms with Crippen LogP contribution in [0.4, 0.5) is 5.82 Å². The summed E-state index contributed by atoms with van der Waals surface area (Å²) in [5, 5.41) is 14.1. The van der Waals surface area contributed by atoms with Gasteiger partial charge in [0.2, 0.25) is 0 Å². The molecule has 0 radical (unpaired) electrons.